The molecule has 34 heavy (non-hydrogen) atoms. The van der Waals surface area contributed by atoms with E-state index in [9.17, 15) is 4.79 Å². The van der Waals surface area contributed by atoms with Gasteiger partial charge in [0.2, 0.25) is 5.91 Å². The number of aromatic nitrogens is 4. The lowest BCUT2D eigenvalue weighted by Crippen LogP contribution is -2.46. The molecule has 0 radical (unpaired) electrons. The second kappa shape index (κ2) is 10.4. The molecule has 2 aliphatic rings. The number of amides is 1. The number of nitrogens with zero attached hydrogens (tertiary/aromatic N) is 5. The Bertz CT molecular complexity index is 1090. The van der Waals surface area contributed by atoms with E-state index in [2.05, 4.69) is 37.6 Å². The van der Waals surface area contributed by atoms with Gasteiger partial charge in [-0.25, -0.2) is 9.97 Å². The van der Waals surface area contributed by atoms with Crippen LogP contribution in [0.4, 0.5) is 23.1 Å². The van der Waals surface area contributed by atoms with Crippen LogP contribution in [0.3, 0.4) is 0 Å². The minimum atomic E-state index is 0.116. The summed E-state index contributed by atoms with van der Waals surface area (Å²) in [4.78, 5) is 27.5. The lowest BCUT2D eigenvalue weighted by Gasteiger charge is -2.35. The Labute approximate surface area is 203 Å². The molecule has 2 aromatic heterocycles. The van der Waals surface area contributed by atoms with Crippen LogP contribution in [0.25, 0.3) is 0 Å². The van der Waals surface area contributed by atoms with Gasteiger partial charge in [0.15, 0.2) is 5.16 Å². The number of hydrogen-bond acceptors (Lipinski definition) is 8. The zero-order valence-electron chi connectivity index (χ0n) is 19.3. The Kier molecular flexibility index (Phi) is 6.96. The number of carbonyl (C=O) groups excluding carboxylic acids is 1. The highest BCUT2D eigenvalue weighted by molar-refractivity contribution is 7.99. The van der Waals surface area contributed by atoms with Crippen LogP contribution in [0.5, 0.6) is 0 Å². The molecule has 2 fully saturated rings. The molecular formula is C24H30N8OS. The molecule has 1 amide bonds. The van der Waals surface area contributed by atoms with Crippen LogP contribution >= 0.6 is 11.8 Å². The minimum Gasteiger partial charge on any atom is -0.354 e. The Hall–Kier alpha value is -3.11. The number of carbonyl (C=O) groups is 1. The molecule has 3 heterocycles. The Morgan fingerprint density at radius 3 is 2.59 bits per heavy atom. The molecule has 178 valence electrons. The zero-order valence-corrected chi connectivity index (χ0v) is 20.1. The van der Waals surface area contributed by atoms with Crippen molar-refractivity contribution in [2.75, 3.05) is 48.3 Å². The van der Waals surface area contributed by atoms with Gasteiger partial charge >= 0.3 is 0 Å². The fraction of sp³-hybridized carbons (Fsp3) is 0.417. The lowest BCUT2D eigenvalue weighted by molar-refractivity contribution is -0.117. The summed E-state index contributed by atoms with van der Waals surface area (Å²) in [5.74, 6) is 2.73. The summed E-state index contributed by atoms with van der Waals surface area (Å²) in [6, 6.07) is 11.7. The van der Waals surface area contributed by atoms with Crippen LogP contribution in [-0.4, -0.2) is 63.7 Å². The molecule has 3 N–H and O–H groups in total. The average molecular weight is 479 g/mol. The number of nitrogens with one attached hydrogen (secondary N) is 3. The molecule has 1 aromatic carbocycles. The second-order valence-electron chi connectivity index (χ2n) is 8.71. The largest absolute Gasteiger partial charge is 0.354 e. The number of rotatable bonds is 9. The SMILES string of the molecule is CCCN1CCN(c2cc(Nc3ccn[nH]3)nc(Sc3ccc(NC(=O)C4CC4)cc3)n2)CC1. The fourth-order valence-corrected chi connectivity index (χ4v) is 4.73. The topological polar surface area (TPSA) is 102 Å². The van der Waals surface area contributed by atoms with Crippen LogP contribution in [0.2, 0.25) is 0 Å². The molecule has 1 saturated heterocycles. The van der Waals surface area contributed by atoms with E-state index in [1.807, 2.05) is 36.4 Å². The number of piperazine rings is 1. The van der Waals surface area contributed by atoms with Crippen molar-refractivity contribution in [3.05, 3.63) is 42.6 Å². The first-order chi connectivity index (χ1) is 16.7. The van der Waals surface area contributed by atoms with Gasteiger partial charge in [-0.1, -0.05) is 6.92 Å². The summed E-state index contributed by atoms with van der Waals surface area (Å²) in [5.41, 5.74) is 0.822. The maximum absolute atomic E-state index is 12.0. The molecule has 0 atom stereocenters. The molecule has 0 bridgehead atoms. The Balaban J connectivity index is 1.32. The van der Waals surface area contributed by atoms with Gasteiger partial charge in [-0.3, -0.25) is 14.8 Å². The van der Waals surface area contributed by atoms with E-state index in [1.54, 1.807) is 6.20 Å². The van der Waals surface area contributed by atoms with Crippen molar-refractivity contribution in [3.8, 4) is 0 Å². The van der Waals surface area contributed by atoms with Crippen LogP contribution in [0.1, 0.15) is 26.2 Å². The standard InChI is InChI=1S/C24H30N8OS/c1-2-11-31-12-14-32(15-13-31)22-16-21(27-20-9-10-25-30-20)28-24(29-22)34-19-7-5-18(6-8-19)26-23(33)17-3-4-17/h5-10,16-17H,2-4,11-15H2,1H3,(H,26,33)(H2,25,27,28,29,30). The number of benzene rings is 1. The summed E-state index contributed by atoms with van der Waals surface area (Å²) in [5, 5.41) is 13.9. The number of aromatic amines is 1. The van der Waals surface area contributed by atoms with E-state index >= 15 is 0 Å². The van der Waals surface area contributed by atoms with Crippen molar-refractivity contribution < 1.29 is 4.79 Å². The first-order valence-electron chi connectivity index (χ1n) is 11.9. The van der Waals surface area contributed by atoms with Gasteiger partial charge in [0, 0.05) is 54.8 Å². The zero-order chi connectivity index (χ0) is 23.3. The second-order valence-corrected chi connectivity index (χ2v) is 9.75. The summed E-state index contributed by atoms with van der Waals surface area (Å²) in [6.07, 6.45) is 4.87. The predicted molar refractivity (Wildman–Crippen MR) is 135 cm³/mol. The third-order valence-corrected chi connectivity index (χ3v) is 6.84. The molecule has 1 aliphatic carbocycles. The average Bonchev–Trinajstić information content (AvgIpc) is 3.58. The van der Waals surface area contributed by atoms with Gasteiger partial charge < -0.3 is 15.5 Å². The highest BCUT2D eigenvalue weighted by Gasteiger charge is 2.29. The van der Waals surface area contributed by atoms with E-state index < -0.39 is 0 Å². The van der Waals surface area contributed by atoms with E-state index in [-0.39, 0.29) is 11.8 Å². The van der Waals surface area contributed by atoms with Crippen molar-refractivity contribution in [1.82, 2.24) is 25.1 Å². The van der Waals surface area contributed by atoms with Crippen LogP contribution < -0.4 is 15.5 Å². The number of H-pyrrole nitrogens is 1. The summed E-state index contributed by atoms with van der Waals surface area (Å²) in [7, 11) is 0. The molecule has 5 rings (SSSR count). The number of hydrogen-bond donors (Lipinski definition) is 3. The van der Waals surface area contributed by atoms with E-state index in [0.29, 0.717) is 5.16 Å². The smallest absolute Gasteiger partial charge is 0.227 e. The van der Waals surface area contributed by atoms with Crippen LogP contribution in [0, 0.1) is 5.92 Å². The molecule has 1 aliphatic heterocycles. The van der Waals surface area contributed by atoms with E-state index in [1.165, 1.54) is 18.2 Å². The van der Waals surface area contributed by atoms with Crippen molar-refractivity contribution >= 4 is 40.8 Å². The van der Waals surface area contributed by atoms with Gasteiger partial charge in [0.25, 0.3) is 0 Å². The van der Waals surface area contributed by atoms with Gasteiger partial charge in [-0.05, 0) is 61.8 Å². The maximum atomic E-state index is 12.0. The first kappa shape index (κ1) is 22.7. The Morgan fingerprint density at radius 2 is 1.91 bits per heavy atom. The van der Waals surface area contributed by atoms with Crippen LogP contribution in [0.15, 0.2) is 52.6 Å². The molecular weight excluding hydrogens is 448 g/mol. The Morgan fingerprint density at radius 1 is 1.12 bits per heavy atom. The summed E-state index contributed by atoms with van der Waals surface area (Å²) < 4.78 is 0. The van der Waals surface area contributed by atoms with Crippen molar-refractivity contribution in [1.29, 1.82) is 0 Å². The van der Waals surface area contributed by atoms with Gasteiger partial charge in [0.1, 0.15) is 17.5 Å². The highest BCUT2D eigenvalue weighted by atomic mass is 32.2. The highest BCUT2D eigenvalue weighted by Crippen LogP contribution is 2.32. The molecule has 9 nitrogen and oxygen atoms in total. The first-order valence-corrected chi connectivity index (χ1v) is 12.7. The van der Waals surface area contributed by atoms with Crippen molar-refractivity contribution in [3.63, 3.8) is 0 Å². The molecule has 0 spiro atoms. The predicted octanol–water partition coefficient (Wildman–Crippen LogP) is 3.98. The van der Waals surface area contributed by atoms with E-state index in [0.717, 1.165) is 73.6 Å². The van der Waals surface area contributed by atoms with Crippen molar-refractivity contribution in [2.45, 2.75) is 36.2 Å². The molecule has 10 heteroatoms. The normalized spacial score (nSPS) is 16.4. The maximum Gasteiger partial charge on any atom is 0.227 e. The summed E-state index contributed by atoms with van der Waals surface area (Å²) in [6.45, 7) is 7.33. The van der Waals surface area contributed by atoms with Crippen molar-refractivity contribution in [2.24, 2.45) is 5.92 Å². The van der Waals surface area contributed by atoms with Gasteiger partial charge in [0.05, 0.1) is 6.20 Å². The fourth-order valence-electron chi connectivity index (χ4n) is 3.97. The third kappa shape index (κ3) is 5.87. The minimum absolute atomic E-state index is 0.116. The molecule has 0 unspecified atom stereocenters. The van der Waals surface area contributed by atoms with Gasteiger partial charge in [-0.15, -0.1) is 0 Å². The van der Waals surface area contributed by atoms with Gasteiger partial charge in [-0.2, -0.15) is 5.10 Å². The molecule has 3 aromatic rings. The quantitative estimate of drug-likeness (QED) is 0.397. The number of anilines is 4. The third-order valence-electron chi connectivity index (χ3n) is 5.97. The summed E-state index contributed by atoms with van der Waals surface area (Å²) >= 11 is 1.51. The monoisotopic (exact) mass is 478 g/mol. The van der Waals surface area contributed by atoms with Crippen LogP contribution in [-0.2, 0) is 4.79 Å². The lowest BCUT2D eigenvalue weighted by atomic mass is 10.3. The van der Waals surface area contributed by atoms with E-state index in [4.69, 9.17) is 9.97 Å². The molecule has 1 saturated carbocycles.